The van der Waals surface area contributed by atoms with Crippen molar-refractivity contribution in [1.82, 2.24) is 14.1 Å². The van der Waals surface area contributed by atoms with Crippen LogP contribution in [0.4, 0.5) is 8.78 Å². The summed E-state index contributed by atoms with van der Waals surface area (Å²) in [4.78, 5) is 4.19. The number of thiazole rings is 1. The van der Waals surface area contributed by atoms with Crippen LogP contribution in [-0.2, 0) is 10.0 Å². The van der Waals surface area contributed by atoms with Crippen molar-refractivity contribution in [2.45, 2.75) is 11.5 Å². The monoisotopic (exact) mass is 301 g/mol. The van der Waals surface area contributed by atoms with E-state index in [0.717, 1.165) is 0 Å². The lowest BCUT2D eigenvalue weighted by Gasteiger charge is -2.05. The lowest BCUT2D eigenvalue weighted by atomic mass is 10.7. The molecule has 0 aliphatic carbocycles. The molecule has 0 radical (unpaired) electrons. The van der Waals surface area contributed by atoms with Crippen molar-refractivity contribution in [1.29, 1.82) is 0 Å². The maximum absolute atomic E-state index is 12.0. The van der Waals surface area contributed by atoms with Gasteiger partial charge in [-0.15, -0.1) is 11.3 Å². The third-order valence-electron chi connectivity index (χ3n) is 1.86. The Hall–Kier alpha value is -0.770. The second kappa shape index (κ2) is 4.48. The number of alkyl halides is 2. The lowest BCUT2D eigenvalue weighted by molar-refractivity contribution is 0.153. The van der Waals surface area contributed by atoms with E-state index in [0.29, 0.717) is 4.96 Å². The maximum atomic E-state index is 12.0. The molecule has 2 aromatic heterocycles. The number of sulfonamides is 1. The highest BCUT2D eigenvalue weighted by Crippen LogP contribution is 2.25. The number of nitrogens with one attached hydrogen (secondary N) is 1. The molecule has 0 atom stereocenters. The fourth-order valence-electron chi connectivity index (χ4n) is 1.22. The molecule has 2 rings (SSSR count). The molecule has 0 aromatic carbocycles. The number of hydrogen-bond donors (Lipinski definition) is 1. The number of nitrogens with zero attached hydrogens (tertiary/aromatic N) is 2. The van der Waals surface area contributed by atoms with E-state index < -0.39 is 23.0 Å². The molecule has 0 aliphatic rings. The molecule has 10 heteroatoms. The zero-order valence-corrected chi connectivity index (χ0v) is 10.5. The van der Waals surface area contributed by atoms with Gasteiger partial charge in [0.05, 0.1) is 6.54 Å². The Labute approximate surface area is 104 Å². The molecule has 2 aromatic rings. The average molecular weight is 302 g/mol. The third-order valence-corrected chi connectivity index (χ3v) is 4.44. The Balaban J connectivity index is 2.44. The van der Waals surface area contributed by atoms with Gasteiger partial charge in [-0.3, -0.25) is 4.40 Å². The maximum Gasteiger partial charge on any atom is 0.259 e. The van der Waals surface area contributed by atoms with Gasteiger partial charge in [0.1, 0.15) is 0 Å². The smallest absolute Gasteiger partial charge is 0.259 e. The zero-order valence-electron chi connectivity index (χ0n) is 8.10. The minimum Gasteiger partial charge on any atom is -0.279 e. The SMILES string of the molecule is O=S(=O)(NCC(F)F)c1c(Cl)nc2sccn12. The van der Waals surface area contributed by atoms with E-state index in [-0.39, 0.29) is 10.2 Å². The van der Waals surface area contributed by atoms with Crippen LogP contribution in [0.5, 0.6) is 0 Å². The Morgan fingerprint density at radius 2 is 2.29 bits per heavy atom. The van der Waals surface area contributed by atoms with Gasteiger partial charge < -0.3 is 0 Å². The predicted octanol–water partition coefficient (Wildman–Crippen LogP) is 1.59. The van der Waals surface area contributed by atoms with Crippen LogP contribution in [0, 0.1) is 0 Å². The van der Waals surface area contributed by atoms with Crippen molar-refractivity contribution in [3.8, 4) is 0 Å². The van der Waals surface area contributed by atoms with Gasteiger partial charge >= 0.3 is 0 Å². The Morgan fingerprint density at radius 3 is 2.94 bits per heavy atom. The van der Waals surface area contributed by atoms with E-state index >= 15 is 0 Å². The first-order chi connectivity index (χ1) is 7.92. The molecule has 5 nitrogen and oxygen atoms in total. The third kappa shape index (κ3) is 2.41. The molecule has 0 saturated heterocycles. The van der Waals surface area contributed by atoms with Crippen LogP contribution in [0.25, 0.3) is 4.96 Å². The van der Waals surface area contributed by atoms with Crippen LogP contribution < -0.4 is 4.72 Å². The molecule has 0 unspecified atom stereocenters. The van der Waals surface area contributed by atoms with Crippen molar-refractivity contribution in [2.24, 2.45) is 0 Å². The summed E-state index contributed by atoms with van der Waals surface area (Å²) in [6.45, 7) is -0.962. The number of imidazole rings is 1. The van der Waals surface area contributed by atoms with Crippen LogP contribution in [-0.4, -0.2) is 30.8 Å². The van der Waals surface area contributed by atoms with Gasteiger partial charge in [-0.05, 0) is 0 Å². The van der Waals surface area contributed by atoms with Gasteiger partial charge in [-0.1, -0.05) is 11.6 Å². The minimum absolute atomic E-state index is 0.237. The summed E-state index contributed by atoms with van der Waals surface area (Å²) in [5.74, 6) is 0. The van der Waals surface area contributed by atoms with Gasteiger partial charge in [0.15, 0.2) is 15.1 Å². The summed E-state index contributed by atoms with van der Waals surface area (Å²) in [6.07, 6.45) is -1.31. The van der Waals surface area contributed by atoms with E-state index in [1.54, 1.807) is 10.1 Å². The molecule has 0 bridgehead atoms. The van der Waals surface area contributed by atoms with Gasteiger partial charge in [-0.2, -0.15) is 0 Å². The number of halogens is 3. The Bertz CT molecular complexity index is 637. The van der Waals surface area contributed by atoms with Crippen LogP contribution in [0.1, 0.15) is 0 Å². The summed E-state index contributed by atoms with van der Waals surface area (Å²) >= 11 is 6.87. The topological polar surface area (TPSA) is 63.5 Å². The van der Waals surface area contributed by atoms with E-state index in [2.05, 4.69) is 4.98 Å². The van der Waals surface area contributed by atoms with Crippen LogP contribution >= 0.6 is 22.9 Å². The number of aromatic nitrogens is 2. The van der Waals surface area contributed by atoms with Crippen molar-refractivity contribution in [2.75, 3.05) is 6.54 Å². The van der Waals surface area contributed by atoms with Crippen LogP contribution in [0.2, 0.25) is 5.15 Å². The van der Waals surface area contributed by atoms with Crippen molar-refractivity contribution >= 4 is 37.9 Å². The molecule has 0 saturated carbocycles. The molecule has 0 fully saturated rings. The standard InChI is InChI=1S/C7H6ClF2N3O2S2/c8-5-6(13-1-2-16-7(13)12-5)17(14,15)11-3-4(9)10/h1-2,4,11H,3H2. The highest BCUT2D eigenvalue weighted by atomic mass is 35.5. The molecule has 0 aliphatic heterocycles. The first-order valence-corrected chi connectivity index (χ1v) is 7.05. The largest absolute Gasteiger partial charge is 0.279 e. The summed E-state index contributed by atoms with van der Waals surface area (Å²) in [5, 5.41) is 1.06. The Morgan fingerprint density at radius 1 is 1.59 bits per heavy atom. The second-order valence-electron chi connectivity index (χ2n) is 3.01. The summed E-state index contributed by atoms with van der Waals surface area (Å²) in [5.41, 5.74) is 0. The van der Waals surface area contributed by atoms with Gasteiger partial charge in [0.25, 0.3) is 16.4 Å². The van der Waals surface area contributed by atoms with Gasteiger partial charge in [0, 0.05) is 11.6 Å². The van der Waals surface area contributed by atoms with E-state index in [4.69, 9.17) is 11.6 Å². The number of rotatable bonds is 4. The highest BCUT2D eigenvalue weighted by Gasteiger charge is 2.25. The fraction of sp³-hybridized carbons (Fsp3) is 0.286. The van der Waals surface area contributed by atoms with Crippen molar-refractivity contribution in [3.63, 3.8) is 0 Å². The number of fused-ring (bicyclic) bond motifs is 1. The first kappa shape index (κ1) is 12.7. The molecular weight excluding hydrogens is 296 g/mol. The Kier molecular flexibility index (Phi) is 3.34. The number of hydrogen-bond acceptors (Lipinski definition) is 4. The first-order valence-electron chi connectivity index (χ1n) is 4.30. The minimum atomic E-state index is -4.09. The van der Waals surface area contributed by atoms with E-state index in [1.165, 1.54) is 21.9 Å². The molecular formula is C7H6ClF2N3O2S2. The predicted molar refractivity (Wildman–Crippen MR) is 59.3 cm³/mol. The summed E-state index contributed by atoms with van der Waals surface area (Å²) in [6, 6.07) is 0. The fourth-order valence-corrected chi connectivity index (χ4v) is 3.67. The van der Waals surface area contributed by atoms with Crippen LogP contribution in [0.15, 0.2) is 16.6 Å². The van der Waals surface area contributed by atoms with Crippen LogP contribution in [0.3, 0.4) is 0 Å². The summed E-state index contributed by atoms with van der Waals surface area (Å²) < 4.78 is 50.5. The molecule has 94 valence electrons. The quantitative estimate of drug-likeness (QED) is 0.933. The molecule has 0 spiro atoms. The van der Waals surface area contributed by atoms with Gasteiger partial charge in [0.2, 0.25) is 0 Å². The highest BCUT2D eigenvalue weighted by molar-refractivity contribution is 7.89. The van der Waals surface area contributed by atoms with E-state index in [1.807, 2.05) is 0 Å². The molecule has 2 heterocycles. The zero-order chi connectivity index (χ0) is 12.6. The molecule has 0 amide bonds. The molecule has 17 heavy (non-hydrogen) atoms. The second-order valence-corrected chi connectivity index (χ2v) is 5.92. The van der Waals surface area contributed by atoms with Crippen molar-refractivity contribution in [3.05, 3.63) is 16.7 Å². The summed E-state index contributed by atoms with van der Waals surface area (Å²) in [7, 11) is -4.09. The van der Waals surface area contributed by atoms with Gasteiger partial charge in [-0.25, -0.2) is 26.9 Å². The average Bonchev–Trinajstić information content (AvgIpc) is 2.73. The normalized spacial score (nSPS) is 12.7. The van der Waals surface area contributed by atoms with Crippen molar-refractivity contribution < 1.29 is 17.2 Å². The van der Waals surface area contributed by atoms with E-state index in [9.17, 15) is 17.2 Å². The molecule has 1 N–H and O–H groups in total. The lowest BCUT2D eigenvalue weighted by Crippen LogP contribution is -2.29.